The molecule has 0 N–H and O–H groups in total. The largest absolute Gasteiger partial charge is 0.341 e. The number of rotatable bonds is 4. The fraction of sp³-hybridized carbons (Fsp3) is 0.556. The molecular formula is C9H11ClN2O3S2. The van der Waals surface area contributed by atoms with E-state index in [-0.39, 0.29) is 18.9 Å². The first-order valence-corrected chi connectivity index (χ1v) is 8.30. The molecule has 2 rings (SSSR count). The summed E-state index contributed by atoms with van der Waals surface area (Å²) in [6.07, 6.45) is 2.45. The van der Waals surface area contributed by atoms with E-state index >= 15 is 0 Å². The van der Waals surface area contributed by atoms with Crippen molar-refractivity contribution in [1.29, 1.82) is 0 Å². The topological polar surface area (TPSA) is 67.3 Å². The molecule has 94 valence electrons. The van der Waals surface area contributed by atoms with Crippen molar-refractivity contribution in [3.8, 4) is 0 Å². The average Bonchev–Trinajstić information content (AvgIpc) is 2.83. The van der Waals surface area contributed by atoms with E-state index in [0.29, 0.717) is 13.0 Å². The highest BCUT2D eigenvalue weighted by Gasteiger charge is 2.36. The SMILES string of the molecule is O=C1CC(S(=O)(=O)Cl)CN1CCc1cncs1. The van der Waals surface area contributed by atoms with Crippen molar-refractivity contribution in [3.05, 3.63) is 16.6 Å². The number of nitrogens with zero attached hydrogens (tertiary/aromatic N) is 2. The quantitative estimate of drug-likeness (QED) is 0.772. The Labute approximate surface area is 108 Å². The Bertz CT molecular complexity index is 500. The van der Waals surface area contributed by atoms with Crippen LogP contribution in [0.2, 0.25) is 0 Å². The van der Waals surface area contributed by atoms with Gasteiger partial charge in [0.15, 0.2) is 0 Å². The molecule has 1 saturated heterocycles. The summed E-state index contributed by atoms with van der Waals surface area (Å²) in [5.74, 6) is -0.149. The van der Waals surface area contributed by atoms with Gasteiger partial charge in [-0.15, -0.1) is 11.3 Å². The summed E-state index contributed by atoms with van der Waals surface area (Å²) in [4.78, 5) is 18.1. The highest BCUT2D eigenvalue weighted by Crippen LogP contribution is 2.21. The van der Waals surface area contributed by atoms with Crippen LogP contribution >= 0.6 is 22.0 Å². The van der Waals surface area contributed by atoms with Crippen LogP contribution in [0.5, 0.6) is 0 Å². The second-order valence-corrected chi connectivity index (χ2v) is 7.74. The van der Waals surface area contributed by atoms with Gasteiger partial charge in [0.1, 0.15) is 5.25 Å². The Morgan fingerprint density at radius 3 is 2.88 bits per heavy atom. The van der Waals surface area contributed by atoms with Crippen LogP contribution in [0.4, 0.5) is 0 Å². The Morgan fingerprint density at radius 1 is 1.59 bits per heavy atom. The first-order valence-electron chi connectivity index (χ1n) is 5.05. The van der Waals surface area contributed by atoms with E-state index in [9.17, 15) is 13.2 Å². The van der Waals surface area contributed by atoms with Crippen molar-refractivity contribution in [2.75, 3.05) is 13.1 Å². The van der Waals surface area contributed by atoms with Gasteiger partial charge in [-0.1, -0.05) is 0 Å². The molecule has 1 aromatic rings. The van der Waals surface area contributed by atoms with Gasteiger partial charge in [0, 0.05) is 47.7 Å². The number of hydrogen-bond acceptors (Lipinski definition) is 5. The Morgan fingerprint density at radius 2 is 2.35 bits per heavy atom. The molecule has 0 bridgehead atoms. The van der Waals surface area contributed by atoms with Crippen molar-refractivity contribution < 1.29 is 13.2 Å². The molecule has 17 heavy (non-hydrogen) atoms. The zero-order valence-electron chi connectivity index (χ0n) is 8.87. The molecule has 0 saturated carbocycles. The Kier molecular flexibility index (Phi) is 3.70. The van der Waals surface area contributed by atoms with Gasteiger partial charge >= 0.3 is 0 Å². The van der Waals surface area contributed by atoms with Gasteiger partial charge in [-0.3, -0.25) is 9.78 Å². The van der Waals surface area contributed by atoms with Crippen LogP contribution in [0.25, 0.3) is 0 Å². The van der Waals surface area contributed by atoms with Gasteiger partial charge in [0.25, 0.3) is 0 Å². The molecule has 0 radical (unpaired) electrons. The van der Waals surface area contributed by atoms with Crippen molar-refractivity contribution >= 4 is 37.0 Å². The minimum atomic E-state index is -3.64. The monoisotopic (exact) mass is 294 g/mol. The zero-order chi connectivity index (χ0) is 12.5. The van der Waals surface area contributed by atoms with Crippen LogP contribution in [-0.4, -0.2) is 42.5 Å². The second-order valence-electron chi connectivity index (χ2n) is 3.86. The maximum Gasteiger partial charge on any atom is 0.237 e. The van der Waals surface area contributed by atoms with Crippen LogP contribution < -0.4 is 0 Å². The van der Waals surface area contributed by atoms with Crippen LogP contribution in [-0.2, 0) is 20.3 Å². The number of carbonyl (C=O) groups excluding carboxylic acids is 1. The third-order valence-corrected chi connectivity index (χ3v) is 5.40. The summed E-state index contributed by atoms with van der Waals surface area (Å²) < 4.78 is 22.3. The minimum Gasteiger partial charge on any atom is -0.341 e. The molecule has 1 amide bonds. The molecule has 0 spiro atoms. The van der Waals surface area contributed by atoms with Gasteiger partial charge in [-0.2, -0.15) is 0 Å². The van der Waals surface area contributed by atoms with Crippen molar-refractivity contribution in [2.45, 2.75) is 18.1 Å². The lowest BCUT2D eigenvalue weighted by molar-refractivity contribution is -0.127. The minimum absolute atomic E-state index is 0.00543. The molecular weight excluding hydrogens is 284 g/mol. The summed E-state index contributed by atoms with van der Waals surface area (Å²) in [7, 11) is 1.61. The number of likely N-dealkylation sites (tertiary alicyclic amines) is 1. The number of hydrogen-bond donors (Lipinski definition) is 0. The highest BCUT2D eigenvalue weighted by molar-refractivity contribution is 8.14. The van der Waals surface area contributed by atoms with Crippen molar-refractivity contribution in [3.63, 3.8) is 0 Å². The van der Waals surface area contributed by atoms with E-state index in [1.54, 1.807) is 16.6 Å². The van der Waals surface area contributed by atoms with E-state index in [0.717, 1.165) is 4.88 Å². The van der Waals surface area contributed by atoms with E-state index in [4.69, 9.17) is 10.7 Å². The van der Waals surface area contributed by atoms with E-state index in [1.165, 1.54) is 11.3 Å². The molecule has 8 heteroatoms. The smallest absolute Gasteiger partial charge is 0.237 e. The number of aromatic nitrogens is 1. The lowest BCUT2D eigenvalue weighted by Gasteiger charge is -2.14. The van der Waals surface area contributed by atoms with Crippen LogP contribution in [0.3, 0.4) is 0 Å². The second kappa shape index (κ2) is 4.91. The molecule has 0 aliphatic carbocycles. The molecule has 1 aliphatic rings. The van der Waals surface area contributed by atoms with Gasteiger partial charge < -0.3 is 4.90 Å². The maximum absolute atomic E-state index is 11.6. The first kappa shape index (κ1) is 12.8. The van der Waals surface area contributed by atoms with Crippen LogP contribution in [0.15, 0.2) is 11.7 Å². The lowest BCUT2D eigenvalue weighted by Crippen LogP contribution is -2.29. The van der Waals surface area contributed by atoms with Crippen LogP contribution in [0.1, 0.15) is 11.3 Å². The molecule has 1 aromatic heterocycles. The standard InChI is InChI=1S/C9H11ClN2O3S2/c10-17(14,15)8-3-9(13)12(5-8)2-1-7-4-11-6-16-7/h4,6,8H,1-3,5H2. The fourth-order valence-electron chi connectivity index (χ4n) is 1.75. The van der Waals surface area contributed by atoms with Crippen LogP contribution in [0, 0.1) is 0 Å². The molecule has 2 heterocycles. The van der Waals surface area contributed by atoms with Crippen molar-refractivity contribution in [2.24, 2.45) is 0 Å². The first-order chi connectivity index (χ1) is 7.97. The van der Waals surface area contributed by atoms with Crippen molar-refractivity contribution in [1.82, 2.24) is 9.88 Å². The summed E-state index contributed by atoms with van der Waals surface area (Å²) >= 11 is 1.52. The molecule has 1 unspecified atom stereocenters. The average molecular weight is 295 g/mol. The normalized spacial score (nSPS) is 21.1. The summed E-state index contributed by atoms with van der Waals surface area (Å²) in [5.41, 5.74) is 1.73. The van der Waals surface area contributed by atoms with Gasteiger partial charge in [-0.05, 0) is 0 Å². The maximum atomic E-state index is 11.6. The third-order valence-electron chi connectivity index (χ3n) is 2.69. The molecule has 5 nitrogen and oxygen atoms in total. The Hall–Kier alpha value is -0.660. The number of amides is 1. The highest BCUT2D eigenvalue weighted by atomic mass is 35.7. The van der Waals surface area contributed by atoms with E-state index in [2.05, 4.69) is 4.98 Å². The number of halogens is 1. The van der Waals surface area contributed by atoms with Gasteiger partial charge in [-0.25, -0.2) is 8.42 Å². The predicted octanol–water partition coefficient (Wildman–Crippen LogP) is 0.855. The summed E-state index contributed by atoms with van der Waals surface area (Å²) in [6.45, 7) is 0.716. The number of thiazole rings is 1. The Balaban J connectivity index is 1.93. The third kappa shape index (κ3) is 3.17. The molecule has 1 atom stereocenters. The summed E-state index contributed by atoms with van der Waals surface area (Å²) in [6, 6.07) is 0. The zero-order valence-corrected chi connectivity index (χ0v) is 11.3. The lowest BCUT2D eigenvalue weighted by atomic mass is 10.3. The molecule has 1 aliphatic heterocycles. The molecule has 1 fully saturated rings. The van der Waals surface area contributed by atoms with E-state index < -0.39 is 14.3 Å². The number of carbonyl (C=O) groups is 1. The van der Waals surface area contributed by atoms with E-state index in [1.807, 2.05) is 0 Å². The predicted molar refractivity (Wildman–Crippen MR) is 65.6 cm³/mol. The van der Waals surface area contributed by atoms with Gasteiger partial charge in [0.2, 0.25) is 15.0 Å². The van der Waals surface area contributed by atoms with Gasteiger partial charge in [0.05, 0.1) is 5.51 Å². The fourth-order valence-corrected chi connectivity index (χ4v) is 3.40. The molecule has 0 aromatic carbocycles. The summed E-state index contributed by atoms with van der Waals surface area (Å²) in [5, 5.41) is -0.766.